The minimum atomic E-state index is -0.175. The summed E-state index contributed by atoms with van der Waals surface area (Å²) >= 11 is 0. The van der Waals surface area contributed by atoms with Crippen LogP contribution in [0.25, 0.3) is 0 Å². The van der Waals surface area contributed by atoms with Crippen LogP contribution in [0.1, 0.15) is 24.8 Å². The summed E-state index contributed by atoms with van der Waals surface area (Å²) in [6.07, 6.45) is 3.21. The Labute approximate surface area is 137 Å². The lowest BCUT2D eigenvalue weighted by Gasteiger charge is -2.27. The number of amides is 2. The molecule has 0 saturated carbocycles. The van der Waals surface area contributed by atoms with Crippen molar-refractivity contribution in [3.05, 3.63) is 29.8 Å². The third-order valence-corrected chi connectivity index (χ3v) is 5.00. The molecule has 5 heteroatoms. The van der Waals surface area contributed by atoms with Gasteiger partial charge in [0.25, 0.3) is 0 Å². The molecule has 2 atom stereocenters. The van der Waals surface area contributed by atoms with Crippen molar-refractivity contribution in [2.75, 3.05) is 27.2 Å². The van der Waals surface area contributed by atoms with Crippen molar-refractivity contribution in [1.82, 2.24) is 9.80 Å². The zero-order valence-electron chi connectivity index (χ0n) is 13.8. The number of hydrogen-bond acceptors (Lipinski definition) is 3. The van der Waals surface area contributed by atoms with E-state index in [0.29, 0.717) is 13.0 Å². The fraction of sp³-hybridized carbons (Fsp3) is 0.556. The quantitative estimate of drug-likeness (QED) is 0.849. The van der Waals surface area contributed by atoms with E-state index in [1.54, 1.807) is 19.1 Å². The molecular formula is C18H24N2O3. The second-order valence-corrected chi connectivity index (χ2v) is 6.52. The van der Waals surface area contributed by atoms with Crippen LogP contribution < -0.4 is 4.74 Å². The molecule has 2 aliphatic rings. The Balaban J connectivity index is 1.70. The summed E-state index contributed by atoms with van der Waals surface area (Å²) in [5.74, 6) is 0.914. The van der Waals surface area contributed by atoms with Crippen molar-refractivity contribution in [3.63, 3.8) is 0 Å². The molecule has 2 aliphatic heterocycles. The summed E-state index contributed by atoms with van der Waals surface area (Å²) < 4.78 is 5.42. The molecule has 0 bridgehead atoms. The normalized spacial score (nSPS) is 24.3. The third kappa shape index (κ3) is 3.19. The highest BCUT2D eigenvalue weighted by Crippen LogP contribution is 2.29. The third-order valence-electron chi connectivity index (χ3n) is 5.00. The molecule has 0 aliphatic carbocycles. The maximum absolute atomic E-state index is 12.8. The zero-order chi connectivity index (χ0) is 16.4. The van der Waals surface area contributed by atoms with Crippen LogP contribution in [0.4, 0.5) is 0 Å². The predicted molar refractivity (Wildman–Crippen MR) is 87.2 cm³/mol. The average molecular weight is 316 g/mol. The first-order valence-electron chi connectivity index (χ1n) is 8.26. The van der Waals surface area contributed by atoms with Crippen LogP contribution >= 0.6 is 0 Å². The second kappa shape index (κ2) is 6.60. The first-order valence-corrected chi connectivity index (χ1v) is 8.26. The summed E-state index contributed by atoms with van der Waals surface area (Å²) in [5.41, 5.74) is 1.14. The Morgan fingerprint density at radius 1 is 1.35 bits per heavy atom. The van der Waals surface area contributed by atoms with Crippen LogP contribution in [0.5, 0.6) is 5.75 Å². The van der Waals surface area contributed by atoms with E-state index in [9.17, 15) is 9.59 Å². The van der Waals surface area contributed by atoms with E-state index in [1.165, 1.54) is 0 Å². The van der Waals surface area contributed by atoms with Gasteiger partial charge in [-0.25, -0.2) is 0 Å². The van der Waals surface area contributed by atoms with Crippen LogP contribution in [0.3, 0.4) is 0 Å². The number of ether oxygens (including phenoxy) is 1. The van der Waals surface area contributed by atoms with Crippen LogP contribution in [0.2, 0.25) is 0 Å². The van der Waals surface area contributed by atoms with Gasteiger partial charge in [0.2, 0.25) is 11.8 Å². The van der Waals surface area contributed by atoms with E-state index in [0.717, 1.165) is 37.1 Å². The first kappa shape index (κ1) is 15.8. The number of nitrogens with zero attached hydrogens (tertiary/aromatic N) is 2. The van der Waals surface area contributed by atoms with Crippen molar-refractivity contribution in [1.29, 1.82) is 0 Å². The molecule has 0 radical (unpaired) electrons. The number of hydrogen-bond donors (Lipinski definition) is 0. The number of carbonyl (C=O) groups excluding carboxylic acids is 2. The van der Waals surface area contributed by atoms with Crippen LogP contribution in [-0.2, 0) is 16.0 Å². The van der Waals surface area contributed by atoms with Crippen molar-refractivity contribution in [2.45, 2.75) is 31.7 Å². The van der Waals surface area contributed by atoms with E-state index in [-0.39, 0.29) is 23.8 Å². The number of benzene rings is 1. The van der Waals surface area contributed by atoms with E-state index in [1.807, 2.05) is 23.1 Å². The molecule has 2 unspecified atom stereocenters. The molecule has 1 aromatic carbocycles. The lowest BCUT2D eigenvalue weighted by Crippen LogP contribution is -2.41. The minimum Gasteiger partial charge on any atom is -0.496 e. The molecular weight excluding hydrogens is 292 g/mol. The van der Waals surface area contributed by atoms with Crippen molar-refractivity contribution >= 4 is 11.8 Å². The van der Waals surface area contributed by atoms with Gasteiger partial charge in [-0.1, -0.05) is 18.2 Å². The molecule has 2 saturated heterocycles. The zero-order valence-corrected chi connectivity index (χ0v) is 13.8. The molecule has 0 spiro atoms. The standard InChI is InChI=1S/C18H24N2O3/c1-19-12-14(11-17(19)21)18(22)20-9-5-7-15(20)10-13-6-3-4-8-16(13)23-2/h3-4,6,8,14-15H,5,7,9-12H2,1-2H3. The summed E-state index contributed by atoms with van der Waals surface area (Å²) in [5, 5.41) is 0. The van der Waals surface area contributed by atoms with Gasteiger partial charge in [-0.05, 0) is 30.9 Å². The monoisotopic (exact) mass is 316 g/mol. The molecule has 23 heavy (non-hydrogen) atoms. The largest absolute Gasteiger partial charge is 0.496 e. The van der Waals surface area contributed by atoms with Crippen molar-refractivity contribution < 1.29 is 14.3 Å². The molecule has 0 aromatic heterocycles. The van der Waals surface area contributed by atoms with E-state index in [4.69, 9.17) is 4.74 Å². The molecule has 124 valence electrons. The fourth-order valence-electron chi connectivity index (χ4n) is 3.73. The van der Waals surface area contributed by atoms with Gasteiger partial charge in [0.05, 0.1) is 13.0 Å². The summed E-state index contributed by atoms with van der Waals surface area (Å²) in [6.45, 7) is 1.35. The molecule has 2 fully saturated rings. The Bertz CT molecular complexity index is 602. The van der Waals surface area contributed by atoms with E-state index >= 15 is 0 Å². The van der Waals surface area contributed by atoms with Gasteiger partial charge in [0.15, 0.2) is 0 Å². The highest BCUT2D eigenvalue weighted by atomic mass is 16.5. The van der Waals surface area contributed by atoms with Gasteiger partial charge in [0, 0.05) is 32.6 Å². The molecule has 2 heterocycles. The van der Waals surface area contributed by atoms with Gasteiger partial charge in [-0.15, -0.1) is 0 Å². The number of methoxy groups -OCH3 is 1. The SMILES string of the molecule is COc1ccccc1CC1CCCN1C(=O)C1CC(=O)N(C)C1. The lowest BCUT2D eigenvalue weighted by molar-refractivity contribution is -0.136. The number of carbonyl (C=O) groups is 2. The Kier molecular flexibility index (Phi) is 4.55. The Morgan fingerprint density at radius 2 is 2.13 bits per heavy atom. The highest BCUT2D eigenvalue weighted by molar-refractivity contribution is 5.89. The van der Waals surface area contributed by atoms with Crippen molar-refractivity contribution in [2.24, 2.45) is 5.92 Å². The molecule has 0 N–H and O–H groups in total. The van der Waals surface area contributed by atoms with E-state index in [2.05, 4.69) is 6.07 Å². The minimum absolute atomic E-state index is 0.0730. The van der Waals surface area contributed by atoms with Crippen LogP contribution in [-0.4, -0.2) is 54.9 Å². The topological polar surface area (TPSA) is 49.9 Å². The summed E-state index contributed by atoms with van der Waals surface area (Å²) in [4.78, 5) is 28.2. The highest BCUT2D eigenvalue weighted by Gasteiger charge is 2.38. The predicted octanol–water partition coefficient (Wildman–Crippen LogP) is 1.71. The summed E-state index contributed by atoms with van der Waals surface area (Å²) in [6, 6.07) is 8.19. The molecule has 3 rings (SSSR count). The van der Waals surface area contributed by atoms with Gasteiger partial charge < -0.3 is 14.5 Å². The lowest BCUT2D eigenvalue weighted by atomic mass is 10.0. The Morgan fingerprint density at radius 3 is 2.83 bits per heavy atom. The van der Waals surface area contributed by atoms with E-state index < -0.39 is 0 Å². The number of rotatable bonds is 4. The van der Waals surface area contributed by atoms with Gasteiger partial charge in [-0.2, -0.15) is 0 Å². The second-order valence-electron chi connectivity index (χ2n) is 6.52. The van der Waals surface area contributed by atoms with Crippen LogP contribution in [0, 0.1) is 5.92 Å². The number of para-hydroxylation sites is 1. The first-order chi connectivity index (χ1) is 11.1. The molecule has 1 aromatic rings. The molecule has 5 nitrogen and oxygen atoms in total. The van der Waals surface area contributed by atoms with Crippen LogP contribution in [0.15, 0.2) is 24.3 Å². The maximum Gasteiger partial charge on any atom is 0.228 e. The fourth-order valence-corrected chi connectivity index (χ4v) is 3.73. The number of likely N-dealkylation sites (tertiary alicyclic amines) is 2. The summed E-state index contributed by atoms with van der Waals surface area (Å²) in [7, 11) is 3.45. The van der Waals surface area contributed by atoms with Crippen molar-refractivity contribution in [3.8, 4) is 5.75 Å². The van der Waals surface area contributed by atoms with Gasteiger partial charge in [-0.3, -0.25) is 9.59 Å². The Hall–Kier alpha value is -2.04. The van der Waals surface area contributed by atoms with Gasteiger partial charge in [0.1, 0.15) is 5.75 Å². The van der Waals surface area contributed by atoms with Gasteiger partial charge >= 0.3 is 0 Å². The maximum atomic E-state index is 12.8. The average Bonchev–Trinajstić information content (AvgIpc) is 3.14. The molecule has 2 amide bonds. The smallest absolute Gasteiger partial charge is 0.228 e.